The lowest BCUT2D eigenvalue weighted by atomic mass is 10.00. The van der Waals surface area contributed by atoms with Crippen LogP contribution < -0.4 is 4.74 Å². The molecular weight excluding hydrogens is 286 g/mol. The van der Waals surface area contributed by atoms with Crippen molar-refractivity contribution in [3.8, 4) is 16.9 Å². The van der Waals surface area contributed by atoms with E-state index in [0.717, 1.165) is 5.56 Å². The lowest BCUT2D eigenvalue weighted by Crippen LogP contribution is -2.05. The van der Waals surface area contributed by atoms with Crippen molar-refractivity contribution in [3.63, 3.8) is 0 Å². The molecule has 1 heterocycles. The first-order valence-electron chi connectivity index (χ1n) is 5.99. The molecule has 0 aromatic heterocycles. The standard InChI is InChI=1S/C15H11Cl2FO/c1-8-5-9-6-10(18)7-11(15(9)19-8)14-12(16)3-2-4-13(14)17/h2-4,6-8H,5H2,1H3. The molecule has 0 amide bonds. The molecule has 0 saturated carbocycles. The summed E-state index contributed by atoms with van der Waals surface area (Å²) < 4.78 is 19.5. The second-order valence-corrected chi connectivity index (χ2v) is 5.49. The summed E-state index contributed by atoms with van der Waals surface area (Å²) in [4.78, 5) is 0. The molecule has 1 aliphatic heterocycles. The summed E-state index contributed by atoms with van der Waals surface area (Å²) in [7, 11) is 0. The van der Waals surface area contributed by atoms with E-state index in [0.29, 0.717) is 33.3 Å². The smallest absolute Gasteiger partial charge is 0.131 e. The zero-order valence-corrected chi connectivity index (χ0v) is 11.7. The van der Waals surface area contributed by atoms with Crippen LogP contribution >= 0.6 is 23.2 Å². The second-order valence-electron chi connectivity index (χ2n) is 4.67. The van der Waals surface area contributed by atoms with Crippen LogP contribution in [0.1, 0.15) is 12.5 Å². The van der Waals surface area contributed by atoms with Crippen LogP contribution in [0.2, 0.25) is 10.0 Å². The van der Waals surface area contributed by atoms with E-state index in [1.807, 2.05) is 6.92 Å². The molecule has 3 rings (SSSR count). The zero-order valence-electron chi connectivity index (χ0n) is 10.2. The Morgan fingerprint density at radius 1 is 1.21 bits per heavy atom. The number of halogens is 3. The first kappa shape index (κ1) is 12.8. The van der Waals surface area contributed by atoms with E-state index in [9.17, 15) is 4.39 Å². The predicted octanol–water partition coefficient (Wildman–Crippen LogP) is 5.12. The molecule has 0 aliphatic carbocycles. The minimum atomic E-state index is -0.303. The Balaban J connectivity index is 2.27. The molecule has 4 heteroatoms. The van der Waals surface area contributed by atoms with Crippen LogP contribution in [0, 0.1) is 5.82 Å². The average Bonchev–Trinajstić information content (AvgIpc) is 2.69. The van der Waals surface area contributed by atoms with E-state index >= 15 is 0 Å². The topological polar surface area (TPSA) is 9.23 Å². The summed E-state index contributed by atoms with van der Waals surface area (Å²) in [6, 6.07) is 8.16. The largest absolute Gasteiger partial charge is 0.489 e. The van der Waals surface area contributed by atoms with Crippen molar-refractivity contribution in [2.24, 2.45) is 0 Å². The average molecular weight is 297 g/mol. The number of rotatable bonds is 1. The Morgan fingerprint density at radius 2 is 1.89 bits per heavy atom. The van der Waals surface area contributed by atoms with Crippen molar-refractivity contribution in [3.05, 3.63) is 51.8 Å². The summed E-state index contributed by atoms with van der Waals surface area (Å²) in [6.07, 6.45) is 0.735. The highest BCUT2D eigenvalue weighted by Crippen LogP contribution is 2.44. The fourth-order valence-corrected chi connectivity index (χ4v) is 3.04. The van der Waals surface area contributed by atoms with Gasteiger partial charge in [0.05, 0.1) is 10.0 Å². The lowest BCUT2D eigenvalue weighted by molar-refractivity contribution is 0.255. The maximum absolute atomic E-state index is 13.8. The summed E-state index contributed by atoms with van der Waals surface area (Å²) in [5, 5.41) is 0.979. The Morgan fingerprint density at radius 3 is 2.58 bits per heavy atom. The van der Waals surface area contributed by atoms with Gasteiger partial charge < -0.3 is 4.74 Å². The number of benzene rings is 2. The molecule has 2 aromatic carbocycles. The third kappa shape index (κ3) is 2.19. The van der Waals surface area contributed by atoms with Gasteiger partial charge >= 0.3 is 0 Å². The van der Waals surface area contributed by atoms with E-state index in [1.54, 1.807) is 18.2 Å². The van der Waals surface area contributed by atoms with Gasteiger partial charge in [-0.1, -0.05) is 29.3 Å². The van der Waals surface area contributed by atoms with Crippen molar-refractivity contribution in [2.75, 3.05) is 0 Å². The van der Waals surface area contributed by atoms with Crippen molar-refractivity contribution in [1.29, 1.82) is 0 Å². The summed E-state index contributed by atoms with van der Waals surface area (Å²) in [6.45, 7) is 1.95. The molecule has 1 unspecified atom stereocenters. The minimum Gasteiger partial charge on any atom is -0.489 e. The van der Waals surface area contributed by atoms with Crippen molar-refractivity contribution < 1.29 is 9.13 Å². The van der Waals surface area contributed by atoms with Crippen LogP contribution in [0.25, 0.3) is 11.1 Å². The first-order valence-corrected chi connectivity index (χ1v) is 6.75. The molecule has 0 fully saturated rings. The highest BCUT2D eigenvalue weighted by Gasteiger charge is 2.25. The Labute approximate surface area is 120 Å². The Bertz CT molecular complexity index is 635. The predicted molar refractivity (Wildman–Crippen MR) is 75.7 cm³/mol. The van der Waals surface area contributed by atoms with Gasteiger partial charge in [-0.3, -0.25) is 0 Å². The van der Waals surface area contributed by atoms with Crippen LogP contribution in [-0.4, -0.2) is 6.10 Å². The van der Waals surface area contributed by atoms with Gasteiger partial charge in [0.25, 0.3) is 0 Å². The fourth-order valence-electron chi connectivity index (χ4n) is 2.43. The summed E-state index contributed by atoms with van der Waals surface area (Å²) in [5.41, 5.74) is 2.10. The quantitative estimate of drug-likeness (QED) is 0.709. The van der Waals surface area contributed by atoms with E-state index in [1.165, 1.54) is 12.1 Å². The van der Waals surface area contributed by atoms with Crippen molar-refractivity contribution in [1.82, 2.24) is 0 Å². The van der Waals surface area contributed by atoms with E-state index in [2.05, 4.69) is 0 Å². The van der Waals surface area contributed by atoms with E-state index in [4.69, 9.17) is 27.9 Å². The summed E-state index contributed by atoms with van der Waals surface area (Å²) in [5.74, 6) is 0.381. The number of hydrogen-bond acceptors (Lipinski definition) is 1. The molecule has 98 valence electrons. The van der Waals surface area contributed by atoms with Gasteiger partial charge in [-0.2, -0.15) is 0 Å². The Hall–Kier alpha value is -1.25. The SMILES string of the molecule is CC1Cc2cc(F)cc(-c3c(Cl)cccc3Cl)c2O1. The van der Waals surface area contributed by atoms with E-state index < -0.39 is 0 Å². The molecule has 1 nitrogen and oxygen atoms in total. The maximum atomic E-state index is 13.8. The second kappa shape index (κ2) is 4.69. The van der Waals surface area contributed by atoms with E-state index in [-0.39, 0.29) is 11.9 Å². The molecule has 0 spiro atoms. The van der Waals surface area contributed by atoms with Gasteiger partial charge in [-0.15, -0.1) is 0 Å². The monoisotopic (exact) mass is 296 g/mol. The molecule has 0 N–H and O–H groups in total. The molecule has 0 bridgehead atoms. The van der Waals surface area contributed by atoms with Crippen molar-refractivity contribution >= 4 is 23.2 Å². The minimum absolute atomic E-state index is 0.0387. The number of ether oxygens (including phenoxy) is 1. The number of hydrogen-bond donors (Lipinski definition) is 0. The molecule has 1 atom stereocenters. The van der Waals surface area contributed by atoms with Crippen LogP contribution in [0.4, 0.5) is 4.39 Å². The normalized spacial score (nSPS) is 17.2. The summed E-state index contributed by atoms with van der Waals surface area (Å²) >= 11 is 12.4. The lowest BCUT2D eigenvalue weighted by Gasteiger charge is -2.12. The number of fused-ring (bicyclic) bond motifs is 1. The molecule has 2 aromatic rings. The molecule has 1 aliphatic rings. The van der Waals surface area contributed by atoms with Gasteiger partial charge in [0, 0.05) is 23.1 Å². The highest BCUT2D eigenvalue weighted by atomic mass is 35.5. The van der Waals surface area contributed by atoms with Gasteiger partial charge in [0.15, 0.2) is 0 Å². The molecule has 0 saturated heterocycles. The zero-order chi connectivity index (χ0) is 13.6. The third-order valence-corrected chi connectivity index (χ3v) is 3.82. The van der Waals surface area contributed by atoms with Gasteiger partial charge in [0.2, 0.25) is 0 Å². The van der Waals surface area contributed by atoms with Gasteiger partial charge in [0.1, 0.15) is 17.7 Å². The van der Waals surface area contributed by atoms with Gasteiger partial charge in [-0.05, 0) is 31.2 Å². The maximum Gasteiger partial charge on any atom is 0.131 e. The van der Waals surface area contributed by atoms with Crippen LogP contribution in [0.3, 0.4) is 0 Å². The van der Waals surface area contributed by atoms with Crippen LogP contribution in [-0.2, 0) is 6.42 Å². The molecular formula is C15H11Cl2FO. The Kier molecular flexibility index (Phi) is 3.15. The first-order chi connectivity index (χ1) is 9.06. The van der Waals surface area contributed by atoms with Crippen LogP contribution in [0.15, 0.2) is 30.3 Å². The molecule has 19 heavy (non-hydrogen) atoms. The van der Waals surface area contributed by atoms with Gasteiger partial charge in [-0.25, -0.2) is 4.39 Å². The third-order valence-electron chi connectivity index (χ3n) is 3.19. The molecule has 0 radical (unpaired) electrons. The van der Waals surface area contributed by atoms with Crippen molar-refractivity contribution in [2.45, 2.75) is 19.4 Å². The van der Waals surface area contributed by atoms with Crippen LogP contribution in [0.5, 0.6) is 5.75 Å². The fraction of sp³-hybridized carbons (Fsp3) is 0.200. The highest BCUT2D eigenvalue weighted by molar-refractivity contribution is 6.39.